The maximum absolute atomic E-state index is 12.4. The molecular formula is C21H26N2O7S. The number of nitrogens with one attached hydrogen (secondary N) is 1. The van der Waals surface area contributed by atoms with Gasteiger partial charge in [-0.25, -0.2) is 13.2 Å². The minimum Gasteiger partial charge on any atom is -0.497 e. The first kappa shape index (κ1) is 24.0. The molecule has 0 radical (unpaired) electrons. The molecule has 0 spiro atoms. The van der Waals surface area contributed by atoms with Gasteiger partial charge in [-0.3, -0.25) is 9.10 Å². The van der Waals surface area contributed by atoms with Crippen molar-refractivity contribution in [1.29, 1.82) is 0 Å². The molecule has 2 aromatic rings. The van der Waals surface area contributed by atoms with Gasteiger partial charge in [0.1, 0.15) is 11.5 Å². The summed E-state index contributed by atoms with van der Waals surface area (Å²) in [5, 5.41) is 2.69. The number of rotatable bonds is 10. The van der Waals surface area contributed by atoms with E-state index in [9.17, 15) is 18.0 Å². The van der Waals surface area contributed by atoms with Crippen LogP contribution in [0.3, 0.4) is 0 Å². The van der Waals surface area contributed by atoms with Crippen molar-refractivity contribution in [2.75, 3.05) is 43.8 Å². The van der Waals surface area contributed by atoms with Gasteiger partial charge in [0, 0.05) is 13.0 Å². The number of amides is 1. The van der Waals surface area contributed by atoms with E-state index in [-0.39, 0.29) is 30.9 Å². The Balaban J connectivity index is 2.05. The fraction of sp³-hybridized carbons (Fsp3) is 0.333. The highest BCUT2D eigenvalue weighted by atomic mass is 32.2. The molecule has 1 amide bonds. The number of anilines is 2. The van der Waals surface area contributed by atoms with Gasteiger partial charge in [0.25, 0.3) is 0 Å². The Morgan fingerprint density at radius 3 is 2.23 bits per heavy atom. The fourth-order valence-electron chi connectivity index (χ4n) is 2.88. The summed E-state index contributed by atoms with van der Waals surface area (Å²) in [7, 11) is 0.703. The molecule has 10 heteroatoms. The van der Waals surface area contributed by atoms with Crippen molar-refractivity contribution < 1.29 is 32.2 Å². The number of benzene rings is 2. The van der Waals surface area contributed by atoms with Crippen LogP contribution in [0.2, 0.25) is 0 Å². The molecule has 2 aromatic carbocycles. The van der Waals surface area contributed by atoms with Crippen LogP contribution < -0.4 is 19.1 Å². The van der Waals surface area contributed by atoms with Gasteiger partial charge in [-0.05, 0) is 48.9 Å². The van der Waals surface area contributed by atoms with Crippen LogP contribution >= 0.6 is 0 Å². The summed E-state index contributed by atoms with van der Waals surface area (Å²) in [6.07, 6.45) is 1.46. The molecule has 0 heterocycles. The number of nitrogens with zero attached hydrogens (tertiary/aromatic N) is 1. The Labute approximate surface area is 182 Å². The van der Waals surface area contributed by atoms with Gasteiger partial charge in [0.05, 0.1) is 44.5 Å². The lowest BCUT2D eigenvalue weighted by Gasteiger charge is -2.22. The maximum atomic E-state index is 12.4. The number of hydrogen-bond acceptors (Lipinski definition) is 7. The summed E-state index contributed by atoms with van der Waals surface area (Å²) in [6.45, 7) is 0.123. The van der Waals surface area contributed by atoms with Crippen LogP contribution in [0.15, 0.2) is 42.5 Å². The SMILES string of the molecule is COC(=O)c1ccc(OC)c(NC(=O)CCCN(c2ccc(OC)cc2)S(C)(=O)=O)c1. The minimum atomic E-state index is -3.53. The van der Waals surface area contributed by atoms with Crippen molar-refractivity contribution in [3.63, 3.8) is 0 Å². The Hall–Kier alpha value is -3.27. The van der Waals surface area contributed by atoms with Crippen molar-refractivity contribution in [2.24, 2.45) is 0 Å². The normalized spacial score (nSPS) is 10.8. The lowest BCUT2D eigenvalue weighted by atomic mass is 10.1. The fourth-order valence-corrected chi connectivity index (χ4v) is 3.85. The van der Waals surface area contributed by atoms with E-state index in [2.05, 4.69) is 10.1 Å². The van der Waals surface area contributed by atoms with Crippen molar-refractivity contribution in [2.45, 2.75) is 12.8 Å². The molecule has 0 aliphatic carbocycles. The van der Waals surface area contributed by atoms with Crippen molar-refractivity contribution >= 4 is 33.3 Å². The Bertz CT molecular complexity index is 1020. The first-order chi connectivity index (χ1) is 14.7. The number of methoxy groups -OCH3 is 3. The molecular weight excluding hydrogens is 424 g/mol. The van der Waals surface area contributed by atoms with Crippen LogP contribution in [0.4, 0.5) is 11.4 Å². The van der Waals surface area contributed by atoms with Crippen LogP contribution in [-0.4, -0.2) is 54.4 Å². The largest absolute Gasteiger partial charge is 0.497 e. The molecule has 168 valence electrons. The molecule has 2 rings (SSSR count). The number of carbonyl (C=O) groups excluding carboxylic acids is 2. The highest BCUT2D eigenvalue weighted by Crippen LogP contribution is 2.26. The van der Waals surface area contributed by atoms with Gasteiger partial charge in [-0.15, -0.1) is 0 Å². The lowest BCUT2D eigenvalue weighted by molar-refractivity contribution is -0.116. The molecule has 31 heavy (non-hydrogen) atoms. The first-order valence-electron chi connectivity index (χ1n) is 9.37. The van der Waals surface area contributed by atoms with Crippen LogP contribution in [0.25, 0.3) is 0 Å². The topological polar surface area (TPSA) is 111 Å². The summed E-state index contributed by atoms with van der Waals surface area (Å²) >= 11 is 0. The van der Waals surface area contributed by atoms with Crippen molar-refractivity contribution in [3.05, 3.63) is 48.0 Å². The van der Waals surface area contributed by atoms with E-state index >= 15 is 0 Å². The summed E-state index contributed by atoms with van der Waals surface area (Å²) in [5.74, 6) is 0.113. The molecule has 0 aliphatic heterocycles. The van der Waals surface area contributed by atoms with Gasteiger partial charge < -0.3 is 19.5 Å². The third kappa shape index (κ3) is 6.61. The number of carbonyl (C=O) groups is 2. The smallest absolute Gasteiger partial charge is 0.337 e. The second kappa shape index (κ2) is 10.7. The number of hydrogen-bond donors (Lipinski definition) is 1. The lowest BCUT2D eigenvalue weighted by Crippen LogP contribution is -2.31. The summed E-state index contributed by atoms with van der Waals surface area (Å²) in [6, 6.07) is 11.2. The average molecular weight is 451 g/mol. The predicted molar refractivity (Wildman–Crippen MR) is 117 cm³/mol. The van der Waals surface area contributed by atoms with Gasteiger partial charge in [0.15, 0.2) is 0 Å². The third-order valence-electron chi connectivity index (χ3n) is 4.42. The molecule has 0 bridgehead atoms. The van der Waals surface area contributed by atoms with Crippen molar-refractivity contribution in [1.82, 2.24) is 0 Å². The second-order valence-corrected chi connectivity index (χ2v) is 8.50. The van der Waals surface area contributed by atoms with E-state index in [0.29, 0.717) is 22.9 Å². The molecule has 1 N–H and O–H groups in total. The van der Waals surface area contributed by atoms with Crippen LogP contribution in [0.1, 0.15) is 23.2 Å². The zero-order valence-electron chi connectivity index (χ0n) is 17.9. The molecule has 0 unspecified atom stereocenters. The molecule has 0 saturated carbocycles. The molecule has 0 fully saturated rings. The van der Waals surface area contributed by atoms with E-state index in [1.807, 2.05) is 0 Å². The Morgan fingerprint density at radius 2 is 1.68 bits per heavy atom. The van der Waals surface area contributed by atoms with E-state index in [1.54, 1.807) is 30.3 Å². The zero-order chi connectivity index (χ0) is 23.0. The minimum absolute atomic E-state index is 0.0633. The molecule has 0 saturated heterocycles. The number of ether oxygens (including phenoxy) is 3. The highest BCUT2D eigenvalue weighted by Gasteiger charge is 2.18. The maximum Gasteiger partial charge on any atom is 0.337 e. The first-order valence-corrected chi connectivity index (χ1v) is 11.2. The van der Waals surface area contributed by atoms with Crippen molar-refractivity contribution in [3.8, 4) is 11.5 Å². The number of esters is 1. The highest BCUT2D eigenvalue weighted by molar-refractivity contribution is 7.92. The third-order valence-corrected chi connectivity index (χ3v) is 5.61. The Morgan fingerprint density at radius 1 is 1.00 bits per heavy atom. The monoisotopic (exact) mass is 450 g/mol. The summed E-state index contributed by atoms with van der Waals surface area (Å²) in [5.41, 5.74) is 1.07. The van der Waals surface area contributed by atoms with Crippen LogP contribution in [-0.2, 0) is 19.6 Å². The second-order valence-electron chi connectivity index (χ2n) is 6.59. The van der Waals surface area contributed by atoms with Gasteiger partial charge >= 0.3 is 5.97 Å². The predicted octanol–water partition coefficient (Wildman–Crippen LogP) is 2.68. The molecule has 0 aromatic heterocycles. The zero-order valence-corrected chi connectivity index (χ0v) is 18.7. The van der Waals surface area contributed by atoms with E-state index < -0.39 is 16.0 Å². The summed E-state index contributed by atoms with van der Waals surface area (Å²) < 4.78 is 40.6. The van der Waals surface area contributed by atoms with Gasteiger partial charge in [-0.2, -0.15) is 0 Å². The van der Waals surface area contributed by atoms with E-state index in [1.165, 1.54) is 37.8 Å². The number of sulfonamides is 1. The molecule has 9 nitrogen and oxygen atoms in total. The average Bonchev–Trinajstić information content (AvgIpc) is 2.75. The van der Waals surface area contributed by atoms with Crippen LogP contribution in [0, 0.1) is 0 Å². The van der Waals surface area contributed by atoms with Gasteiger partial charge in [-0.1, -0.05) is 0 Å². The van der Waals surface area contributed by atoms with E-state index in [0.717, 1.165) is 6.26 Å². The summed E-state index contributed by atoms with van der Waals surface area (Å²) in [4.78, 5) is 24.1. The molecule has 0 aliphatic rings. The quantitative estimate of drug-likeness (QED) is 0.554. The van der Waals surface area contributed by atoms with Gasteiger partial charge in [0.2, 0.25) is 15.9 Å². The van der Waals surface area contributed by atoms with E-state index in [4.69, 9.17) is 9.47 Å². The standard InChI is InChI=1S/C21H26N2O7S/c1-28-17-10-8-16(9-11-17)23(31(4,26)27)13-5-6-20(24)22-18-14-15(21(25)30-3)7-12-19(18)29-2/h7-12,14H,5-6,13H2,1-4H3,(H,22,24). The molecule has 0 atom stereocenters. The Kier molecular flexibility index (Phi) is 8.26. The van der Waals surface area contributed by atoms with Crippen LogP contribution in [0.5, 0.6) is 11.5 Å².